The van der Waals surface area contributed by atoms with Gasteiger partial charge in [-0.3, -0.25) is 0 Å². The molecule has 0 atom stereocenters. The molecule has 0 radical (unpaired) electrons. The third-order valence-electron chi connectivity index (χ3n) is 5.22. The van der Waals surface area contributed by atoms with Crippen molar-refractivity contribution in [2.75, 3.05) is 18.6 Å². The second-order valence-corrected chi connectivity index (χ2v) is 8.18. The van der Waals surface area contributed by atoms with Gasteiger partial charge in [0.1, 0.15) is 5.82 Å². The van der Waals surface area contributed by atoms with Crippen LogP contribution in [0.15, 0.2) is 63.1 Å². The van der Waals surface area contributed by atoms with E-state index in [4.69, 9.17) is 9.15 Å². The summed E-state index contributed by atoms with van der Waals surface area (Å²) >= 11 is 1.39. The van der Waals surface area contributed by atoms with Crippen molar-refractivity contribution in [3.63, 3.8) is 0 Å². The predicted octanol–water partition coefficient (Wildman–Crippen LogP) is 5.61. The quantitative estimate of drug-likeness (QED) is 0.378. The fourth-order valence-electron chi connectivity index (χ4n) is 3.48. The third kappa shape index (κ3) is 3.45. The van der Waals surface area contributed by atoms with Gasteiger partial charge < -0.3 is 14.1 Å². The molecule has 0 aliphatic heterocycles. The summed E-state index contributed by atoms with van der Waals surface area (Å²) in [5.74, 6) is 0.757. The Labute approximate surface area is 176 Å². The molecule has 5 rings (SSSR count). The van der Waals surface area contributed by atoms with Gasteiger partial charge >= 0.3 is 5.63 Å². The maximum atomic E-state index is 14.5. The van der Waals surface area contributed by atoms with E-state index in [0.717, 1.165) is 18.2 Å². The zero-order valence-electron chi connectivity index (χ0n) is 16.3. The molecule has 0 unspecified atom stereocenters. The van der Waals surface area contributed by atoms with Gasteiger partial charge in [-0.05, 0) is 43.0 Å². The summed E-state index contributed by atoms with van der Waals surface area (Å²) in [5, 5.41) is 3.23. The molecule has 1 aliphatic rings. The normalized spacial score (nSPS) is 13.5. The molecular formula is C23H19FN2O3S. The molecule has 0 saturated heterocycles. The Kier molecular flexibility index (Phi) is 4.75. The van der Waals surface area contributed by atoms with E-state index in [1.165, 1.54) is 24.5 Å². The van der Waals surface area contributed by atoms with Crippen molar-refractivity contribution in [2.45, 2.75) is 12.8 Å². The van der Waals surface area contributed by atoms with Crippen LogP contribution in [-0.4, -0.2) is 18.6 Å². The van der Waals surface area contributed by atoms with Crippen LogP contribution >= 0.6 is 11.3 Å². The Morgan fingerprint density at radius 1 is 1.23 bits per heavy atom. The molecule has 0 amide bonds. The van der Waals surface area contributed by atoms with Crippen molar-refractivity contribution in [2.24, 2.45) is 5.92 Å². The number of benzene rings is 2. The Morgan fingerprint density at radius 3 is 2.83 bits per heavy atom. The second-order valence-electron chi connectivity index (χ2n) is 7.35. The van der Waals surface area contributed by atoms with Crippen molar-refractivity contribution < 1.29 is 13.5 Å². The van der Waals surface area contributed by atoms with E-state index in [9.17, 15) is 9.18 Å². The number of thiazole rings is 1. The van der Waals surface area contributed by atoms with Crippen LogP contribution in [-0.2, 0) is 0 Å². The Balaban J connectivity index is 1.56. The van der Waals surface area contributed by atoms with Crippen LogP contribution in [0.25, 0.3) is 22.2 Å². The molecule has 2 aromatic heterocycles. The number of ether oxygens (including phenoxy) is 1. The van der Waals surface area contributed by atoms with Crippen LogP contribution in [0.1, 0.15) is 12.8 Å². The zero-order chi connectivity index (χ0) is 20.7. The van der Waals surface area contributed by atoms with Gasteiger partial charge in [0.25, 0.3) is 0 Å². The zero-order valence-corrected chi connectivity index (χ0v) is 17.1. The first-order chi connectivity index (χ1) is 14.6. The number of para-hydroxylation sites is 2. The van der Waals surface area contributed by atoms with E-state index < -0.39 is 5.63 Å². The smallest absolute Gasteiger partial charge is 0.345 e. The number of anilines is 2. The average molecular weight is 422 g/mol. The number of nitrogens with zero attached hydrogens (tertiary/aromatic N) is 2. The Morgan fingerprint density at radius 2 is 2.07 bits per heavy atom. The summed E-state index contributed by atoms with van der Waals surface area (Å²) in [6.07, 6.45) is 2.28. The van der Waals surface area contributed by atoms with Gasteiger partial charge in [-0.25, -0.2) is 14.2 Å². The molecule has 0 bridgehead atoms. The lowest BCUT2D eigenvalue weighted by Gasteiger charge is -2.22. The summed E-state index contributed by atoms with van der Waals surface area (Å²) in [5.41, 5.74) is 1.32. The topological polar surface area (TPSA) is 55.6 Å². The monoisotopic (exact) mass is 422 g/mol. The highest BCUT2D eigenvalue weighted by molar-refractivity contribution is 7.14. The van der Waals surface area contributed by atoms with E-state index in [-0.39, 0.29) is 5.82 Å². The van der Waals surface area contributed by atoms with Crippen LogP contribution in [0.5, 0.6) is 5.75 Å². The van der Waals surface area contributed by atoms with E-state index in [1.54, 1.807) is 24.3 Å². The molecule has 1 saturated carbocycles. The number of methoxy groups -OCH3 is 1. The van der Waals surface area contributed by atoms with Crippen LogP contribution in [0.2, 0.25) is 0 Å². The first-order valence-electron chi connectivity index (χ1n) is 9.73. The van der Waals surface area contributed by atoms with Gasteiger partial charge in [0, 0.05) is 17.3 Å². The summed E-state index contributed by atoms with van der Waals surface area (Å²) in [6.45, 7) is 0.706. The summed E-state index contributed by atoms with van der Waals surface area (Å²) < 4.78 is 25.3. The van der Waals surface area contributed by atoms with Gasteiger partial charge in [-0.15, -0.1) is 11.3 Å². The van der Waals surface area contributed by atoms with Gasteiger partial charge in [-0.2, -0.15) is 0 Å². The number of aromatic nitrogens is 1. The highest BCUT2D eigenvalue weighted by Gasteiger charge is 2.28. The summed E-state index contributed by atoms with van der Waals surface area (Å²) in [4.78, 5) is 19.2. The predicted molar refractivity (Wildman–Crippen MR) is 116 cm³/mol. The number of hydrogen-bond donors (Lipinski definition) is 0. The molecule has 1 aliphatic carbocycles. The van der Waals surface area contributed by atoms with E-state index >= 15 is 0 Å². The first-order valence-corrected chi connectivity index (χ1v) is 10.6. The standard InChI is InChI=1S/C23H19FN2O3S/c1-28-20-8-4-5-15-11-16(22(27)29-21(15)20)18-13-30-23(25-18)26(12-14-9-10-14)19-7-3-2-6-17(19)24/h2-8,11,13-14H,9-10,12H2,1H3. The summed E-state index contributed by atoms with van der Waals surface area (Å²) in [7, 11) is 1.53. The molecule has 30 heavy (non-hydrogen) atoms. The maximum Gasteiger partial charge on any atom is 0.345 e. The maximum absolute atomic E-state index is 14.5. The largest absolute Gasteiger partial charge is 0.493 e. The lowest BCUT2D eigenvalue weighted by atomic mass is 10.1. The first kappa shape index (κ1) is 18.8. The van der Waals surface area contributed by atoms with E-state index in [0.29, 0.717) is 45.9 Å². The van der Waals surface area contributed by atoms with Crippen molar-refractivity contribution in [1.82, 2.24) is 4.98 Å². The average Bonchev–Trinajstić information content (AvgIpc) is 3.45. The Bertz CT molecular complexity index is 1280. The lowest BCUT2D eigenvalue weighted by Crippen LogP contribution is -2.21. The summed E-state index contributed by atoms with van der Waals surface area (Å²) in [6, 6.07) is 13.9. The highest BCUT2D eigenvalue weighted by atomic mass is 32.1. The van der Waals surface area contributed by atoms with Crippen molar-refractivity contribution in [1.29, 1.82) is 0 Å². The molecule has 5 nitrogen and oxygen atoms in total. The molecule has 2 heterocycles. The van der Waals surface area contributed by atoms with Gasteiger partial charge in [-0.1, -0.05) is 24.3 Å². The minimum atomic E-state index is -0.483. The SMILES string of the molecule is COc1cccc2cc(-c3csc(N(CC4CC4)c4ccccc4F)n3)c(=O)oc12. The lowest BCUT2D eigenvalue weighted by molar-refractivity contribution is 0.407. The second kappa shape index (κ2) is 7.57. The highest BCUT2D eigenvalue weighted by Crippen LogP contribution is 2.38. The van der Waals surface area contributed by atoms with Crippen LogP contribution in [0.3, 0.4) is 0 Å². The fourth-order valence-corrected chi connectivity index (χ4v) is 4.33. The number of rotatable bonds is 6. The molecule has 2 aromatic carbocycles. The molecular weight excluding hydrogens is 403 g/mol. The fraction of sp³-hybridized carbons (Fsp3) is 0.217. The van der Waals surface area contributed by atoms with Crippen LogP contribution < -0.4 is 15.3 Å². The van der Waals surface area contributed by atoms with Crippen molar-refractivity contribution in [3.05, 3.63) is 70.1 Å². The Hall–Kier alpha value is -3.19. The van der Waals surface area contributed by atoms with Crippen molar-refractivity contribution in [3.8, 4) is 17.0 Å². The molecule has 152 valence electrons. The molecule has 1 fully saturated rings. The molecule has 0 N–H and O–H groups in total. The number of fused-ring (bicyclic) bond motifs is 1. The van der Waals surface area contributed by atoms with Crippen LogP contribution in [0, 0.1) is 11.7 Å². The number of hydrogen-bond acceptors (Lipinski definition) is 6. The van der Waals surface area contributed by atoms with Crippen LogP contribution in [0.4, 0.5) is 15.2 Å². The minimum absolute atomic E-state index is 0.285. The van der Waals surface area contributed by atoms with Crippen molar-refractivity contribution >= 4 is 33.1 Å². The number of halogens is 1. The van der Waals surface area contributed by atoms with Gasteiger partial charge in [0.15, 0.2) is 16.5 Å². The van der Waals surface area contributed by atoms with Gasteiger partial charge in [0.05, 0.1) is 24.1 Å². The van der Waals surface area contributed by atoms with Gasteiger partial charge in [0.2, 0.25) is 0 Å². The minimum Gasteiger partial charge on any atom is -0.493 e. The van der Waals surface area contributed by atoms with E-state index in [1.807, 2.05) is 28.5 Å². The molecule has 7 heteroatoms. The third-order valence-corrected chi connectivity index (χ3v) is 6.09. The molecule has 4 aromatic rings. The van der Waals surface area contributed by atoms with E-state index in [2.05, 4.69) is 4.98 Å². The molecule has 0 spiro atoms.